The summed E-state index contributed by atoms with van der Waals surface area (Å²) in [6.45, 7) is 2.87. The fourth-order valence-electron chi connectivity index (χ4n) is 2.93. The number of phenolic OH excluding ortho intramolecular Hbond substituents is 1. The highest BCUT2D eigenvalue weighted by Crippen LogP contribution is 2.32. The molecule has 5 heteroatoms. The van der Waals surface area contributed by atoms with E-state index in [1.807, 2.05) is 24.4 Å². The zero-order chi connectivity index (χ0) is 19.2. The Morgan fingerprint density at radius 3 is 2.56 bits per heavy atom. The van der Waals surface area contributed by atoms with Gasteiger partial charge in [-0.3, -0.25) is 4.98 Å². The molecule has 0 radical (unpaired) electrons. The molecule has 0 aliphatic heterocycles. The first-order valence-electron chi connectivity index (χ1n) is 8.88. The van der Waals surface area contributed by atoms with Crippen molar-refractivity contribution >= 4 is 15.9 Å². The van der Waals surface area contributed by atoms with Crippen LogP contribution in [0.3, 0.4) is 0 Å². The minimum absolute atomic E-state index is 0.139. The summed E-state index contributed by atoms with van der Waals surface area (Å²) in [5.41, 5.74) is 4.32. The molecule has 2 N–H and O–H groups in total. The highest BCUT2D eigenvalue weighted by molar-refractivity contribution is 9.10. The van der Waals surface area contributed by atoms with Gasteiger partial charge in [0.1, 0.15) is 0 Å². The second-order valence-electron chi connectivity index (χ2n) is 6.38. The molecule has 0 saturated heterocycles. The number of benzene rings is 2. The molecule has 2 aromatic carbocycles. The van der Waals surface area contributed by atoms with E-state index >= 15 is 0 Å². The maximum Gasteiger partial charge on any atom is 0.161 e. The number of aromatic hydroxyl groups is 1. The standard InChI is InChI=1S/C22H23BrN2O2/c1-15(20-9-8-18(14-25-20)16-6-4-3-5-7-16)24-11-10-17-12-21(26)22(27-2)13-19(17)23/h3-9,12-15,24,26H,10-11H2,1-2H3. The van der Waals surface area contributed by atoms with Crippen LogP contribution in [0.1, 0.15) is 24.2 Å². The summed E-state index contributed by atoms with van der Waals surface area (Å²) in [7, 11) is 1.54. The van der Waals surface area contributed by atoms with E-state index in [4.69, 9.17) is 4.74 Å². The molecule has 27 heavy (non-hydrogen) atoms. The number of nitrogens with zero attached hydrogens (tertiary/aromatic N) is 1. The third kappa shape index (κ3) is 4.87. The Kier molecular flexibility index (Phi) is 6.48. The Hall–Kier alpha value is -2.37. The SMILES string of the molecule is COc1cc(Br)c(CCNC(C)c2ccc(-c3ccccc3)cn2)cc1O. The molecule has 0 saturated carbocycles. The number of phenols is 1. The largest absolute Gasteiger partial charge is 0.504 e. The number of aromatic nitrogens is 1. The lowest BCUT2D eigenvalue weighted by Crippen LogP contribution is -2.22. The van der Waals surface area contributed by atoms with Crippen LogP contribution in [-0.4, -0.2) is 23.7 Å². The summed E-state index contributed by atoms with van der Waals surface area (Å²) in [5, 5.41) is 13.4. The van der Waals surface area contributed by atoms with Gasteiger partial charge in [0, 0.05) is 22.3 Å². The van der Waals surface area contributed by atoms with Crippen molar-refractivity contribution in [1.82, 2.24) is 10.3 Å². The molecule has 140 valence electrons. The first-order chi connectivity index (χ1) is 13.1. The molecule has 1 aromatic heterocycles. The molecule has 3 rings (SSSR count). The Morgan fingerprint density at radius 2 is 1.89 bits per heavy atom. The van der Waals surface area contributed by atoms with Crippen LogP contribution >= 0.6 is 15.9 Å². The number of nitrogens with one attached hydrogen (secondary N) is 1. The summed E-state index contributed by atoms with van der Waals surface area (Å²) < 4.78 is 6.05. The second-order valence-corrected chi connectivity index (χ2v) is 7.23. The van der Waals surface area contributed by atoms with Crippen molar-refractivity contribution in [2.75, 3.05) is 13.7 Å². The molecule has 4 nitrogen and oxygen atoms in total. The Balaban J connectivity index is 1.58. The lowest BCUT2D eigenvalue weighted by atomic mass is 10.1. The van der Waals surface area contributed by atoms with E-state index in [2.05, 4.69) is 57.4 Å². The summed E-state index contributed by atoms with van der Waals surface area (Å²) in [6, 6.07) is 18.1. The highest BCUT2D eigenvalue weighted by Gasteiger charge is 2.10. The van der Waals surface area contributed by atoms with Gasteiger partial charge in [-0.25, -0.2) is 0 Å². The van der Waals surface area contributed by atoms with Gasteiger partial charge in [0.2, 0.25) is 0 Å². The molecule has 1 unspecified atom stereocenters. The van der Waals surface area contributed by atoms with E-state index < -0.39 is 0 Å². The number of ether oxygens (including phenoxy) is 1. The molecule has 1 atom stereocenters. The van der Waals surface area contributed by atoms with Gasteiger partial charge < -0.3 is 15.2 Å². The third-order valence-electron chi connectivity index (χ3n) is 4.53. The third-order valence-corrected chi connectivity index (χ3v) is 5.27. The number of hydrogen-bond donors (Lipinski definition) is 2. The van der Waals surface area contributed by atoms with Gasteiger partial charge in [-0.05, 0) is 49.2 Å². The van der Waals surface area contributed by atoms with Gasteiger partial charge in [0.25, 0.3) is 0 Å². The van der Waals surface area contributed by atoms with Crippen LogP contribution in [0.15, 0.2) is 65.3 Å². The van der Waals surface area contributed by atoms with Gasteiger partial charge in [-0.15, -0.1) is 0 Å². The van der Waals surface area contributed by atoms with E-state index in [9.17, 15) is 5.11 Å². The van der Waals surface area contributed by atoms with Crippen LogP contribution < -0.4 is 10.1 Å². The molecular weight excluding hydrogens is 404 g/mol. The van der Waals surface area contributed by atoms with Crippen molar-refractivity contribution in [3.05, 3.63) is 76.5 Å². The number of methoxy groups -OCH3 is 1. The number of pyridine rings is 1. The van der Waals surface area contributed by atoms with Crippen molar-refractivity contribution in [2.45, 2.75) is 19.4 Å². The molecule has 0 aliphatic rings. The van der Waals surface area contributed by atoms with E-state index in [0.717, 1.165) is 34.3 Å². The average molecular weight is 427 g/mol. The molecule has 3 aromatic rings. The summed E-state index contributed by atoms with van der Waals surface area (Å²) >= 11 is 3.53. The smallest absolute Gasteiger partial charge is 0.161 e. The predicted octanol–water partition coefficient (Wildman–Crippen LogP) is 5.12. The molecule has 0 fully saturated rings. The summed E-state index contributed by atoms with van der Waals surface area (Å²) in [5.74, 6) is 0.622. The zero-order valence-electron chi connectivity index (χ0n) is 15.4. The first-order valence-corrected chi connectivity index (χ1v) is 9.68. The van der Waals surface area contributed by atoms with Crippen LogP contribution in [0.5, 0.6) is 11.5 Å². The summed E-state index contributed by atoms with van der Waals surface area (Å²) in [6.07, 6.45) is 2.70. The minimum atomic E-state index is 0.139. The van der Waals surface area contributed by atoms with Crippen LogP contribution in [0.2, 0.25) is 0 Å². The van der Waals surface area contributed by atoms with E-state index in [1.54, 1.807) is 19.2 Å². The molecular formula is C22H23BrN2O2. The Labute approximate surface area is 168 Å². The van der Waals surface area contributed by atoms with Crippen molar-refractivity contribution in [3.63, 3.8) is 0 Å². The number of rotatable bonds is 7. The number of hydrogen-bond acceptors (Lipinski definition) is 4. The maximum absolute atomic E-state index is 9.95. The Morgan fingerprint density at radius 1 is 1.11 bits per heavy atom. The van der Waals surface area contributed by atoms with Gasteiger partial charge >= 0.3 is 0 Å². The van der Waals surface area contributed by atoms with Crippen LogP contribution in [0.25, 0.3) is 11.1 Å². The average Bonchev–Trinajstić information content (AvgIpc) is 2.71. The van der Waals surface area contributed by atoms with E-state index in [0.29, 0.717) is 5.75 Å². The van der Waals surface area contributed by atoms with Crippen LogP contribution in [0.4, 0.5) is 0 Å². The maximum atomic E-state index is 9.95. The predicted molar refractivity (Wildman–Crippen MR) is 112 cm³/mol. The molecule has 0 spiro atoms. The van der Waals surface area contributed by atoms with Gasteiger partial charge in [-0.2, -0.15) is 0 Å². The van der Waals surface area contributed by atoms with E-state index in [1.165, 1.54) is 5.56 Å². The fraction of sp³-hybridized carbons (Fsp3) is 0.227. The lowest BCUT2D eigenvalue weighted by Gasteiger charge is -2.15. The van der Waals surface area contributed by atoms with Crippen LogP contribution in [-0.2, 0) is 6.42 Å². The summed E-state index contributed by atoms with van der Waals surface area (Å²) in [4.78, 5) is 4.61. The molecule has 0 amide bonds. The monoisotopic (exact) mass is 426 g/mol. The fourth-order valence-corrected chi connectivity index (χ4v) is 3.45. The molecule has 1 heterocycles. The van der Waals surface area contributed by atoms with Gasteiger partial charge in [0.05, 0.1) is 12.8 Å². The normalized spacial score (nSPS) is 12.0. The first kappa shape index (κ1) is 19.4. The zero-order valence-corrected chi connectivity index (χ0v) is 17.0. The minimum Gasteiger partial charge on any atom is -0.504 e. The second kappa shape index (κ2) is 9.02. The van der Waals surface area contributed by atoms with Gasteiger partial charge in [0.15, 0.2) is 11.5 Å². The molecule has 0 aliphatic carbocycles. The van der Waals surface area contributed by atoms with Crippen molar-refractivity contribution in [3.8, 4) is 22.6 Å². The van der Waals surface area contributed by atoms with Crippen LogP contribution in [0, 0.1) is 0 Å². The lowest BCUT2D eigenvalue weighted by molar-refractivity contribution is 0.372. The highest BCUT2D eigenvalue weighted by atomic mass is 79.9. The van der Waals surface area contributed by atoms with E-state index in [-0.39, 0.29) is 11.8 Å². The molecule has 0 bridgehead atoms. The van der Waals surface area contributed by atoms with Crippen molar-refractivity contribution < 1.29 is 9.84 Å². The van der Waals surface area contributed by atoms with Gasteiger partial charge in [-0.1, -0.05) is 52.3 Å². The topological polar surface area (TPSA) is 54.4 Å². The quantitative estimate of drug-likeness (QED) is 0.550. The van der Waals surface area contributed by atoms with Crippen molar-refractivity contribution in [1.29, 1.82) is 0 Å². The Bertz CT molecular complexity index is 883. The van der Waals surface area contributed by atoms with Crippen molar-refractivity contribution in [2.24, 2.45) is 0 Å². The number of halogens is 1.